The number of likely N-dealkylation sites (tertiary alicyclic amines) is 1. The van der Waals surface area contributed by atoms with Crippen molar-refractivity contribution in [2.24, 2.45) is 0 Å². The number of amides is 2. The van der Waals surface area contributed by atoms with Crippen LogP contribution in [0.5, 0.6) is 0 Å². The van der Waals surface area contributed by atoms with E-state index in [1.54, 1.807) is 18.6 Å². The SMILES string of the molecule is CC(=O)NCc1cncc(C2CCCN2C(=O)c2cn[nH]c2C)n1. The summed E-state index contributed by atoms with van der Waals surface area (Å²) < 4.78 is 0. The lowest BCUT2D eigenvalue weighted by atomic mass is 10.1. The van der Waals surface area contributed by atoms with Crippen molar-refractivity contribution in [3.05, 3.63) is 41.2 Å². The minimum Gasteiger partial charge on any atom is -0.351 e. The smallest absolute Gasteiger partial charge is 0.257 e. The lowest BCUT2D eigenvalue weighted by Gasteiger charge is -2.24. The van der Waals surface area contributed by atoms with Crippen molar-refractivity contribution in [3.8, 4) is 0 Å². The highest BCUT2D eigenvalue weighted by Crippen LogP contribution is 2.32. The largest absolute Gasteiger partial charge is 0.351 e. The number of nitrogens with zero attached hydrogens (tertiary/aromatic N) is 4. The van der Waals surface area contributed by atoms with Crippen molar-refractivity contribution in [1.82, 2.24) is 30.4 Å². The third kappa shape index (κ3) is 3.27. The highest BCUT2D eigenvalue weighted by atomic mass is 16.2. The molecule has 0 aliphatic carbocycles. The molecule has 1 fully saturated rings. The lowest BCUT2D eigenvalue weighted by molar-refractivity contribution is -0.119. The Labute approximate surface area is 139 Å². The molecule has 2 aromatic rings. The van der Waals surface area contributed by atoms with Crippen LogP contribution in [0.3, 0.4) is 0 Å². The molecular weight excluding hydrogens is 308 g/mol. The summed E-state index contributed by atoms with van der Waals surface area (Å²) in [4.78, 5) is 34.4. The van der Waals surface area contributed by atoms with E-state index in [1.807, 2.05) is 11.8 Å². The molecule has 1 saturated heterocycles. The van der Waals surface area contributed by atoms with Gasteiger partial charge in [-0.15, -0.1) is 0 Å². The third-order valence-corrected chi connectivity index (χ3v) is 4.14. The molecule has 24 heavy (non-hydrogen) atoms. The van der Waals surface area contributed by atoms with E-state index in [-0.39, 0.29) is 17.9 Å². The summed E-state index contributed by atoms with van der Waals surface area (Å²) >= 11 is 0. The Morgan fingerprint density at radius 1 is 1.38 bits per heavy atom. The molecule has 0 bridgehead atoms. The molecule has 0 radical (unpaired) electrons. The average Bonchev–Trinajstić information content (AvgIpc) is 3.21. The maximum absolute atomic E-state index is 12.8. The number of hydrogen-bond acceptors (Lipinski definition) is 5. The fourth-order valence-corrected chi connectivity index (χ4v) is 2.92. The Kier molecular flexibility index (Phi) is 4.54. The van der Waals surface area contributed by atoms with Crippen LogP contribution in [0, 0.1) is 6.92 Å². The van der Waals surface area contributed by atoms with Gasteiger partial charge in [-0.3, -0.25) is 24.7 Å². The van der Waals surface area contributed by atoms with Crippen molar-refractivity contribution >= 4 is 11.8 Å². The van der Waals surface area contributed by atoms with E-state index >= 15 is 0 Å². The molecule has 126 valence electrons. The molecule has 2 aromatic heterocycles. The van der Waals surface area contributed by atoms with Crippen LogP contribution in [0.4, 0.5) is 0 Å². The van der Waals surface area contributed by atoms with Gasteiger partial charge in [0, 0.05) is 19.2 Å². The predicted molar refractivity (Wildman–Crippen MR) is 85.9 cm³/mol. The monoisotopic (exact) mass is 328 g/mol. The summed E-state index contributed by atoms with van der Waals surface area (Å²) in [7, 11) is 0. The van der Waals surface area contributed by atoms with Gasteiger partial charge in [0.1, 0.15) is 0 Å². The maximum Gasteiger partial charge on any atom is 0.257 e. The molecule has 1 atom stereocenters. The van der Waals surface area contributed by atoms with Gasteiger partial charge >= 0.3 is 0 Å². The summed E-state index contributed by atoms with van der Waals surface area (Å²) in [5, 5.41) is 9.43. The molecule has 3 heterocycles. The topological polar surface area (TPSA) is 104 Å². The molecular formula is C16H20N6O2. The number of carbonyl (C=O) groups is 2. The Balaban J connectivity index is 1.80. The Hall–Kier alpha value is -2.77. The van der Waals surface area contributed by atoms with Crippen LogP contribution in [0.25, 0.3) is 0 Å². The number of carbonyl (C=O) groups excluding carboxylic acids is 2. The zero-order valence-electron chi connectivity index (χ0n) is 13.7. The number of hydrogen-bond donors (Lipinski definition) is 2. The Morgan fingerprint density at radius 3 is 2.92 bits per heavy atom. The van der Waals surface area contributed by atoms with Gasteiger partial charge in [-0.25, -0.2) is 0 Å². The quantitative estimate of drug-likeness (QED) is 0.875. The van der Waals surface area contributed by atoms with E-state index in [0.29, 0.717) is 24.3 Å². The van der Waals surface area contributed by atoms with Crippen LogP contribution >= 0.6 is 0 Å². The molecule has 1 aliphatic heterocycles. The minimum atomic E-state index is -0.115. The summed E-state index contributed by atoms with van der Waals surface area (Å²) in [6.07, 6.45) is 6.65. The van der Waals surface area contributed by atoms with Crippen molar-refractivity contribution in [1.29, 1.82) is 0 Å². The first-order valence-electron chi connectivity index (χ1n) is 7.92. The molecule has 3 rings (SSSR count). The molecule has 8 nitrogen and oxygen atoms in total. The minimum absolute atomic E-state index is 0.0437. The standard InChI is InChI=1S/C16H20N6O2/c1-10-13(8-19-21-10)16(24)22-5-3-4-15(22)14-9-17-6-12(20-14)7-18-11(2)23/h6,8-9,15H,3-5,7H2,1-2H3,(H,18,23)(H,19,21). The first kappa shape index (κ1) is 16.1. The molecule has 0 saturated carbocycles. The van der Waals surface area contributed by atoms with E-state index in [0.717, 1.165) is 24.2 Å². The molecule has 2 N–H and O–H groups in total. The van der Waals surface area contributed by atoms with Crippen LogP contribution in [-0.4, -0.2) is 43.4 Å². The predicted octanol–water partition coefficient (Wildman–Crippen LogP) is 1.12. The number of nitrogens with one attached hydrogen (secondary N) is 2. The van der Waals surface area contributed by atoms with E-state index in [1.165, 1.54) is 6.92 Å². The van der Waals surface area contributed by atoms with Crippen LogP contribution < -0.4 is 5.32 Å². The second-order valence-electron chi connectivity index (χ2n) is 5.91. The maximum atomic E-state index is 12.8. The fourth-order valence-electron chi connectivity index (χ4n) is 2.92. The normalized spacial score (nSPS) is 17.1. The molecule has 0 aromatic carbocycles. The third-order valence-electron chi connectivity index (χ3n) is 4.14. The zero-order chi connectivity index (χ0) is 17.1. The van der Waals surface area contributed by atoms with Gasteiger partial charge in [-0.1, -0.05) is 0 Å². The van der Waals surface area contributed by atoms with Crippen molar-refractivity contribution < 1.29 is 9.59 Å². The summed E-state index contributed by atoms with van der Waals surface area (Å²) in [5.41, 5.74) is 2.78. The summed E-state index contributed by atoms with van der Waals surface area (Å²) in [6.45, 7) is 4.31. The van der Waals surface area contributed by atoms with Crippen molar-refractivity contribution in [2.45, 2.75) is 39.3 Å². The van der Waals surface area contributed by atoms with Crippen molar-refractivity contribution in [2.75, 3.05) is 6.54 Å². The Morgan fingerprint density at radius 2 is 2.21 bits per heavy atom. The summed E-state index contributed by atoms with van der Waals surface area (Å²) in [6, 6.07) is -0.100. The van der Waals surface area contributed by atoms with Gasteiger partial charge < -0.3 is 10.2 Å². The molecule has 1 aliphatic rings. The highest BCUT2D eigenvalue weighted by Gasteiger charge is 2.32. The van der Waals surface area contributed by atoms with Crippen LogP contribution in [0.15, 0.2) is 18.6 Å². The lowest BCUT2D eigenvalue weighted by Crippen LogP contribution is -2.31. The first-order valence-corrected chi connectivity index (χ1v) is 7.92. The number of aromatic amines is 1. The number of aryl methyl sites for hydroxylation is 1. The summed E-state index contributed by atoms with van der Waals surface area (Å²) in [5.74, 6) is -0.159. The van der Waals surface area contributed by atoms with Gasteiger partial charge in [-0.05, 0) is 19.8 Å². The van der Waals surface area contributed by atoms with Crippen LogP contribution in [0.1, 0.15) is 53.2 Å². The van der Waals surface area contributed by atoms with Gasteiger partial charge in [-0.2, -0.15) is 5.10 Å². The number of H-pyrrole nitrogens is 1. The van der Waals surface area contributed by atoms with E-state index in [4.69, 9.17) is 0 Å². The van der Waals surface area contributed by atoms with Gasteiger partial charge in [0.25, 0.3) is 5.91 Å². The molecule has 2 amide bonds. The highest BCUT2D eigenvalue weighted by molar-refractivity contribution is 5.95. The second-order valence-corrected chi connectivity index (χ2v) is 5.91. The van der Waals surface area contributed by atoms with Gasteiger partial charge in [0.15, 0.2) is 0 Å². The van der Waals surface area contributed by atoms with E-state index in [2.05, 4.69) is 25.5 Å². The number of rotatable bonds is 4. The van der Waals surface area contributed by atoms with E-state index in [9.17, 15) is 9.59 Å². The van der Waals surface area contributed by atoms with Gasteiger partial charge in [0.05, 0.1) is 48.1 Å². The molecule has 8 heteroatoms. The van der Waals surface area contributed by atoms with Gasteiger partial charge in [0.2, 0.25) is 5.91 Å². The van der Waals surface area contributed by atoms with Crippen LogP contribution in [0.2, 0.25) is 0 Å². The number of aromatic nitrogens is 4. The Bertz CT molecular complexity index is 757. The van der Waals surface area contributed by atoms with E-state index < -0.39 is 0 Å². The average molecular weight is 328 g/mol. The molecule has 0 spiro atoms. The second kappa shape index (κ2) is 6.77. The zero-order valence-corrected chi connectivity index (χ0v) is 13.7. The first-order chi connectivity index (χ1) is 11.6. The van der Waals surface area contributed by atoms with Crippen LogP contribution in [-0.2, 0) is 11.3 Å². The van der Waals surface area contributed by atoms with Crippen molar-refractivity contribution in [3.63, 3.8) is 0 Å². The fraction of sp³-hybridized carbons (Fsp3) is 0.438. The molecule has 1 unspecified atom stereocenters.